The van der Waals surface area contributed by atoms with Crippen molar-refractivity contribution in [1.82, 2.24) is 58.5 Å². The second-order valence-corrected chi connectivity index (χ2v) is 22.6. The van der Waals surface area contributed by atoms with Crippen molar-refractivity contribution in [3.63, 3.8) is 0 Å². The van der Waals surface area contributed by atoms with Crippen LogP contribution in [0.2, 0.25) is 0 Å². The first-order valence-corrected chi connectivity index (χ1v) is 30.2. The molecule has 1 aromatic rings. The van der Waals surface area contributed by atoms with Gasteiger partial charge in [0.05, 0.1) is 12.6 Å². The second kappa shape index (κ2) is 40.9. The number of hydrogen-bond acceptors (Lipinski definition) is 20. The lowest BCUT2D eigenvalue weighted by Gasteiger charge is -2.29. The van der Waals surface area contributed by atoms with Crippen molar-refractivity contribution in [2.24, 2.45) is 46.2 Å². The van der Waals surface area contributed by atoms with Crippen LogP contribution in [0.3, 0.4) is 0 Å². The van der Waals surface area contributed by atoms with Crippen LogP contribution >= 0.6 is 0 Å². The highest BCUT2D eigenvalue weighted by Crippen LogP contribution is 2.13. The number of carbonyl (C=O) groups excluding carboxylic acids is 12. The van der Waals surface area contributed by atoms with Crippen molar-refractivity contribution < 1.29 is 67.4 Å². The highest BCUT2D eigenvalue weighted by Gasteiger charge is 2.38. The number of ether oxygens (including phenoxy) is 1. The molecule has 2 rings (SSSR count). The van der Waals surface area contributed by atoms with Gasteiger partial charge in [0.25, 0.3) is 0 Å². The largest absolute Gasteiger partial charge is 0.459 e. The molecule has 1 aliphatic rings. The van der Waals surface area contributed by atoms with Crippen LogP contribution in [0.25, 0.3) is 0 Å². The lowest BCUT2D eigenvalue weighted by molar-refractivity contribution is -0.151. The van der Waals surface area contributed by atoms with Gasteiger partial charge >= 0.3 is 5.97 Å². The average molecular weight is 1250 g/mol. The Hall–Kier alpha value is -7.42. The van der Waals surface area contributed by atoms with Gasteiger partial charge in [0.2, 0.25) is 65.0 Å². The van der Waals surface area contributed by atoms with E-state index in [9.17, 15) is 62.6 Å². The lowest BCUT2D eigenvalue weighted by Crippen LogP contribution is -2.62. The Morgan fingerprint density at radius 2 is 1.06 bits per heavy atom. The van der Waals surface area contributed by atoms with E-state index in [0.717, 1.165) is 12.8 Å². The van der Waals surface area contributed by atoms with Gasteiger partial charge in [0.15, 0.2) is 0 Å². The third-order valence-electron chi connectivity index (χ3n) is 14.1. The first kappa shape index (κ1) is 76.7. The van der Waals surface area contributed by atoms with Crippen LogP contribution in [-0.4, -0.2) is 194 Å². The number of aliphatic hydroxyl groups is 1. The first-order valence-electron chi connectivity index (χ1n) is 30.2. The summed E-state index contributed by atoms with van der Waals surface area (Å²) in [6.07, 6.45) is -2.30. The number of nitrogens with two attached hydrogens (primary N) is 6. The number of nitrogens with one attached hydrogen (secondary N) is 11. The molecule has 88 heavy (non-hydrogen) atoms. The van der Waals surface area contributed by atoms with Crippen molar-refractivity contribution in [2.45, 2.75) is 191 Å². The molecule has 31 nitrogen and oxygen atoms in total. The van der Waals surface area contributed by atoms with Crippen molar-refractivity contribution in [3.05, 3.63) is 35.9 Å². The molecule has 0 radical (unpaired) electrons. The monoisotopic (exact) mass is 1250 g/mol. The zero-order chi connectivity index (χ0) is 66.0. The van der Waals surface area contributed by atoms with Crippen LogP contribution in [0.1, 0.15) is 118 Å². The molecule has 1 saturated heterocycles. The van der Waals surface area contributed by atoms with Crippen LogP contribution in [0, 0.1) is 11.8 Å². The molecule has 1 fully saturated rings. The Morgan fingerprint density at radius 1 is 0.557 bits per heavy atom. The third kappa shape index (κ3) is 27.7. The second-order valence-electron chi connectivity index (χ2n) is 22.6. The summed E-state index contributed by atoms with van der Waals surface area (Å²) in [6, 6.07) is -6.59. The van der Waals surface area contributed by atoms with E-state index in [4.69, 9.17) is 39.1 Å². The number of hydrogen-bond donors (Lipinski definition) is 18. The molecular formula is C57H99N17O14. The Kier molecular flexibility index (Phi) is 35.7. The minimum absolute atomic E-state index is 0.0340. The Balaban J connectivity index is 2.76. The van der Waals surface area contributed by atoms with Gasteiger partial charge in [0, 0.05) is 19.4 Å². The number of esters is 1. The fourth-order valence-electron chi connectivity index (χ4n) is 9.29. The zero-order valence-electron chi connectivity index (χ0n) is 51.6. The molecule has 11 amide bonds. The number of benzene rings is 1. The molecule has 24 N–H and O–H groups in total. The van der Waals surface area contributed by atoms with E-state index in [1.165, 1.54) is 13.8 Å². The van der Waals surface area contributed by atoms with Gasteiger partial charge in [-0.1, -0.05) is 70.9 Å². The zero-order valence-corrected chi connectivity index (χ0v) is 51.6. The van der Waals surface area contributed by atoms with Crippen LogP contribution in [0.5, 0.6) is 0 Å². The molecule has 0 unspecified atom stereocenters. The van der Waals surface area contributed by atoms with E-state index < -0.39 is 163 Å². The van der Waals surface area contributed by atoms with E-state index in [0.29, 0.717) is 17.9 Å². The van der Waals surface area contributed by atoms with Gasteiger partial charge in [-0.2, -0.15) is 0 Å². The highest BCUT2D eigenvalue weighted by molar-refractivity contribution is 5.99. The minimum atomic E-state index is -1.75. The molecule has 12 atom stereocenters. The van der Waals surface area contributed by atoms with Crippen LogP contribution in [0.4, 0.5) is 0 Å². The maximum absolute atomic E-state index is 14.6. The Morgan fingerprint density at radius 3 is 1.57 bits per heavy atom. The fraction of sp³-hybridized carbons (Fsp3) is 0.684. The summed E-state index contributed by atoms with van der Waals surface area (Å²) in [4.78, 5) is 167. The van der Waals surface area contributed by atoms with Crippen LogP contribution in [0.15, 0.2) is 30.3 Å². The van der Waals surface area contributed by atoms with Crippen molar-refractivity contribution in [2.75, 3.05) is 45.8 Å². The summed E-state index contributed by atoms with van der Waals surface area (Å²) in [5.74, 6) is -10.8. The van der Waals surface area contributed by atoms with Crippen molar-refractivity contribution in [1.29, 1.82) is 0 Å². The smallest absolute Gasteiger partial charge is 0.320 e. The molecule has 1 aromatic carbocycles. The predicted octanol–water partition coefficient (Wildman–Crippen LogP) is -6.13. The first-order chi connectivity index (χ1) is 41.7. The van der Waals surface area contributed by atoms with Gasteiger partial charge in [-0.25, -0.2) is 0 Å². The number of carbonyl (C=O) groups is 12. The van der Waals surface area contributed by atoms with Crippen molar-refractivity contribution in [3.8, 4) is 0 Å². The lowest BCUT2D eigenvalue weighted by atomic mass is 10.00. The number of amides is 11. The predicted molar refractivity (Wildman–Crippen MR) is 324 cm³/mol. The highest BCUT2D eigenvalue weighted by atomic mass is 16.5. The molecule has 496 valence electrons. The third-order valence-corrected chi connectivity index (χ3v) is 14.1. The molecule has 0 saturated carbocycles. The van der Waals surface area contributed by atoms with Gasteiger partial charge in [-0.15, -0.1) is 0 Å². The summed E-state index contributed by atoms with van der Waals surface area (Å²) in [7, 11) is 0. The van der Waals surface area contributed by atoms with E-state index in [2.05, 4.69) is 58.5 Å². The summed E-state index contributed by atoms with van der Waals surface area (Å²) in [5, 5.41) is 39.0. The quantitative estimate of drug-likeness (QED) is 0.0252. The van der Waals surface area contributed by atoms with Gasteiger partial charge in [-0.3, -0.25) is 57.5 Å². The maximum atomic E-state index is 14.6. The summed E-state index contributed by atoms with van der Waals surface area (Å²) in [6.45, 7) is 8.19. The number of unbranched alkanes of at least 4 members (excludes halogenated alkanes) is 1. The summed E-state index contributed by atoms with van der Waals surface area (Å²) < 4.78 is 5.33. The summed E-state index contributed by atoms with van der Waals surface area (Å²) in [5.41, 5.74) is 35.5. The van der Waals surface area contributed by atoms with Gasteiger partial charge < -0.3 is 103 Å². The van der Waals surface area contributed by atoms with Crippen molar-refractivity contribution >= 4 is 70.9 Å². The maximum Gasteiger partial charge on any atom is 0.320 e. The Labute approximate surface area is 514 Å². The van der Waals surface area contributed by atoms with E-state index in [-0.39, 0.29) is 90.0 Å². The van der Waals surface area contributed by atoms with Gasteiger partial charge in [0.1, 0.15) is 66.5 Å². The molecule has 0 bridgehead atoms. The summed E-state index contributed by atoms with van der Waals surface area (Å²) >= 11 is 0. The topological polar surface area (TPSA) is 523 Å². The minimum Gasteiger partial charge on any atom is -0.459 e. The van der Waals surface area contributed by atoms with Crippen LogP contribution in [-0.2, 0) is 68.7 Å². The fourth-order valence-corrected chi connectivity index (χ4v) is 9.29. The molecule has 1 aliphatic heterocycles. The average Bonchev–Trinajstić information content (AvgIpc) is 2.66. The number of aliphatic hydroxyl groups excluding tert-OH is 1. The molecular weight excluding hydrogens is 1150 g/mol. The molecule has 0 spiro atoms. The van der Waals surface area contributed by atoms with E-state index in [1.807, 2.05) is 13.8 Å². The molecule has 31 heteroatoms. The Bertz CT molecular complexity index is 2440. The van der Waals surface area contributed by atoms with Gasteiger partial charge in [-0.05, 0) is 115 Å². The van der Waals surface area contributed by atoms with E-state index >= 15 is 0 Å². The molecule has 0 aromatic heterocycles. The normalized spacial score (nSPS) is 22.1. The molecule has 0 aliphatic carbocycles. The molecule has 1 heterocycles. The SMILES string of the molecule is CC(C)CCCCC(=O)N[C@@H](CCN)C(=O)N[C@H](C(=O)N[C@@H](CCN)C(=O)N[C@H]1CCNC(=O)[C@H]([C@@H](C)O)NC(=O)[C@H](CCN)NC(=O)[C@H](CCN)NC(=O)[C@H](CC(C)C)NC(=O)[C@@H](Cc2ccccc2)NC(=O)[C@H](CCN)NC1=O)[C@@H](C)OC(=O)CN. The standard InChI is InChI=1S/C57H99N17O14/c1-31(2)12-10-11-15-44(76)65-36(16-22-58)52(82)74-47(34(6)88-45(77)30-63)57(87)70-39(19-25-61)49(79)69-41-21-27-64-56(86)46(33(5)75)73-53(83)40(20-26-62)67-48(78)37(17-23-59)68-54(84)42(28-32(3)4)71-55(85)43(29-35-13-8-7-9-14-35)72-50(80)38(18-24-60)66-51(41)81/h7-9,13-14,31-34,36-43,46-47,75H,10-12,15-30,58-63H2,1-6H3,(H,64,86)(H,65,76)(H,66,81)(H,67,78)(H,68,84)(H,69,79)(H,70,87)(H,71,85)(H,72,80)(H,73,83)(H,74,82)/t33-,34-,36+,37+,38+,39+,40+,41+,42+,43-,46+,47+/m1/s1. The number of rotatable bonds is 30. The van der Waals surface area contributed by atoms with Crippen LogP contribution < -0.4 is 92.9 Å². The van der Waals surface area contributed by atoms with E-state index in [1.54, 1.807) is 44.2 Å².